The number of rotatable bonds is 10. The third-order valence-electron chi connectivity index (χ3n) is 8.74. The molecule has 0 amide bonds. The van der Waals surface area contributed by atoms with Crippen LogP contribution in [-0.2, 0) is 10.8 Å². The van der Waals surface area contributed by atoms with E-state index in [0.29, 0.717) is 44.8 Å². The van der Waals surface area contributed by atoms with Gasteiger partial charge in [0.2, 0.25) is 10.3 Å². The van der Waals surface area contributed by atoms with Gasteiger partial charge in [-0.3, -0.25) is 19.9 Å². The smallest absolute Gasteiger partial charge is 0.206 e. The number of pyridine rings is 4. The Hall–Kier alpha value is -4.96. The Kier molecular flexibility index (Phi) is 10.9. The minimum Gasteiger partial charge on any atom is -0.359 e. The Morgan fingerprint density at radius 1 is 0.569 bits per heavy atom. The lowest BCUT2D eigenvalue weighted by atomic mass is 9.65. The fourth-order valence-corrected chi connectivity index (χ4v) is 7.67. The minimum absolute atomic E-state index is 0. The van der Waals surface area contributed by atoms with Gasteiger partial charge in [0.1, 0.15) is 35.4 Å². The lowest BCUT2D eigenvalue weighted by Crippen LogP contribution is -2.48. The average Bonchev–Trinajstić information content (AvgIpc) is 3.80. The summed E-state index contributed by atoms with van der Waals surface area (Å²) >= 11 is 2.72. The first-order chi connectivity index (χ1) is 24.3. The monoisotopic (exact) mass is 734 g/mol. The van der Waals surface area contributed by atoms with E-state index in [9.17, 15) is 17.6 Å². The number of alkyl halides is 2. The van der Waals surface area contributed by atoms with Crippen LogP contribution in [0, 0.1) is 11.6 Å². The van der Waals surface area contributed by atoms with E-state index in [4.69, 9.17) is 0 Å². The first kappa shape index (κ1) is 35.9. The molecular weight excluding hydrogens is 701 g/mol. The van der Waals surface area contributed by atoms with Crippen LogP contribution in [-0.4, -0.2) is 65.8 Å². The highest BCUT2D eigenvalue weighted by molar-refractivity contribution is 7.18. The highest BCUT2D eigenvalue weighted by Gasteiger charge is 2.49. The molecule has 6 aromatic heterocycles. The molecule has 2 aliphatic rings. The molecular formula is C35H34F4N10S2. The summed E-state index contributed by atoms with van der Waals surface area (Å²) in [6, 6.07) is 16.9. The van der Waals surface area contributed by atoms with E-state index in [-0.39, 0.29) is 33.1 Å². The molecule has 0 aliphatic heterocycles. The zero-order chi connectivity index (χ0) is 34.6. The van der Waals surface area contributed by atoms with Gasteiger partial charge in [0.05, 0.1) is 11.4 Å². The van der Waals surface area contributed by atoms with E-state index in [2.05, 4.69) is 51.0 Å². The van der Waals surface area contributed by atoms with Gasteiger partial charge in [0.15, 0.2) is 10.0 Å². The second-order valence-electron chi connectivity index (χ2n) is 12.2. The Balaban J connectivity index is 0.000000172. The summed E-state index contributed by atoms with van der Waals surface area (Å²) in [5, 5.41) is 25.3. The molecule has 6 heterocycles. The zero-order valence-electron chi connectivity index (χ0n) is 26.4. The van der Waals surface area contributed by atoms with Crippen molar-refractivity contribution in [2.75, 3.05) is 23.7 Å². The summed E-state index contributed by atoms with van der Waals surface area (Å²) < 4.78 is 55.4. The number of hydrogen-bond acceptors (Lipinski definition) is 12. The summed E-state index contributed by atoms with van der Waals surface area (Å²) in [4.78, 5) is 16.8. The van der Waals surface area contributed by atoms with Crippen LogP contribution < -0.4 is 10.6 Å². The summed E-state index contributed by atoms with van der Waals surface area (Å²) in [7, 11) is 0. The maximum Gasteiger partial charge on any atom is 0.206 e. The molecule has 8 rings (SSSR count). The molecule has 16 heteroatoms. The van der Waals surface area contributed by atoms with Crippen LogP contribution in [0.15, 0.2) is 85.5 Å². The largest absolute Gasteiger partial charge is 0.359 e. The number of anilines is 2. The van der Waals surface area contributed by atoms with Gasteiger partial charge in [-0.05, 0) is 74.2 Å². The van der Waals surface area contributed by atoms with Gasteiger partial charge in [-0.2, -0.15) is 0 Å². The van der Waals surface area contributed by atoms with Crippen molar-refractivity contribution in [3.05, 3.63) is 108 Å². The van der Waals surface area contributed by atoms with Crippen LogP contribution in [0.4, 0.5) is 27.8 Å². The van der Waals surface area contributed by atoms with Crippen LogP contribution in [0.3, 0.4) is 0 Å². The molecule has 2 fully saturated rings. The Morgan fingerprint density at radius 2 is 0.980 bits per heavy atom. The standard InChI is InChI=1S/2C17H15F2N5S.CH4/c2*18-11-8-17(9-11,14-12(19)4-3-7-21-14)10-22-16-24-23-15(25-16)13-5-1-2-6-20-13;/h2*1-7,11H,8-10H2,(H,22,24);1H4. The predicted molar refractivity (Wildman–Crippen MR) is 190 cm³/mol. The molecule has 0 atom stereocenters. The molecule has 10 nitrogen and oxygen atoms in total. The molecule has 0 unspecified atom stereocenters. The predicted octanol–water partition coefficient (Wildman–Crippen LogP) is 7.87. The second kappa shape index (κ2) is 15.5. The third kappa shape index (κ3) is 7.86. The maximum atomic E-state index is 14.1. The van der Waals surface area contributed by atoms with E-state index >= 15 is 0 Å². The fraction of sp³-hybridized carbons (Fsp3) is 0.314. The van der Waals surface area contributed by atoms with Gasteiger partial charge in [-0.25, -0.2) is 17.6 Å². The van der Waals surface area contributed by atoms with Crippen molar-refractivity contribution in [3.63, 3.8) is 0 Å². The van der Waals surface area contributed by atoms with Crippen LogP contribution in [0.25, 0.3) is 21.4 Å². The van der Waals surface area contributed by atoms with E-state index in [1.54, 1.807) is 12.4 Å². The summed E-state index contributed by atoms with van der Waals surface area (Å²) in [5.41, 5.74) is 0.803. The van der Waals surface area contributed by atoms with E-state index in [1.807, 2.05) is 36.4 Å². The van der Waals surface area contributed by atoms with Gasteiger partial charge in [-0.1, -0.05) is 42.2 Å². The Labute approximate surface area is 299 Å². The normalized spacial score (nSPS) is 22.0. The topological polar surface area (TPSA) is 127 Å². The van der Waals surface area contributed by atoms with E-state index in [1.165, 1.54) is 59.3 Å². The number of halogens is 4. The average molecular weight is 735 g/mol. The number of hydrogen-bond donors (Lipinski definition) is 2. The van der Waals surface area contributed by atoms with Gasteiger partial charge in [0, 0.05) is 48.7 Å². The van der Waals surface area contributed by atoms with Crippen molar-refractivity contribution in [1.29, 1.82) is 0 Å². The second-order valence-corrected chi connectivity index (χ2v) is 14.2. The summed E-state index contributed by atoms with van der Waals surface area (Å²) in [6.45, 7) is 0.719. The zero-order valence-corrected chi connectivity index (χ0v) is 28.0. The van der Waals surface area contributed by atoms with E-state index in [0.717, 1.165) is 11.4 Å². The highest BCUT2D eigenvalue weighted by atomic mass is 32.1. The number of aromatic nitrogens is 8. The van der Waals surface area contributed by atoms with Gasteiger partial charge in [0.25, 0.3) is 0 Å². The van der Waals surface area contributed by atoms with Crippen molar-refractivity contribution < 1.29 is 17.6 Å². The molecule has 51 heavy (non-hydrogen) atoms. The van der Waals surface area contributed by atoms with Crippen molar-refractivity contribution in [3.8, 4) is 21.4 Å². The third-order valence-corrected chi connectivity index (χ3v) is 10.6. The molecule has 264 valence electrons. The molecule has 0 radical (unpaired) electrons. The van der Waals surface area contributed by atoms with Crippen LogP contribution >= 0.6 is 22.7 Å². The van der Waals surface area contributed by atoms with Gasteiger partial charge >= 0.3 is 0 Å². The van der Waals surface area contributed by atoms with E-state index < -0.39 is 34.8 Å². The lowest BCUT2D eigenvalue weighted by molar-refractivity contribution is 0.0962. The lowest BCUT2D eigenvalue weighted by Gasteiger charge is -2.43. The van der Waals surface area contributed by atoms with Crippen LogP contribution in [0.2, 0.25) is 0 Å². The summed E-state index contributed by atoms with van der Waals surface area (Å²) in [5.74, 6) is -0.801. The number of nitrogens with one attached hydrogen (secondary N) is 2. The van der Waals surface area contributed by atoms with Crippen molar-refractivity contribution in [1.82, 2.24) is 40.3 Å². The quantitative estimate of drug-likeness (QED) is 0.134. The fourth-order valence-electron chi connectivity index (χ4n) is 6.24. The molecule has 6 aromatic rings. The van der Waals surface area contributed by atoms with Crippen molar-refractivity contribution in [2.24, 2.45) is 0 Å². The van der Waals surface area contributed by atoms with Crippen LogP contribution in [0.1, 0.15) is 44.5 Å². The molecule has 2 aliphatic carbocycles. The first-order valence-corrected chi connectivity index (χ1v) is 17.4. The molecule has 0 bridgehead atoms. The Bertz CT molecular complexity index is 1870. The highest BCUT2D eigenvalue weighted by Crippen LogP contribution is 2.47. The minimum atomic E-state index is -0.929. The first-order valence-electron chi connectivity index (χ1n) is 15.8. The SMILES string of the molecule is C.Fc1cccnc1C1(CNc2nnc(-c3ccccn3)s2)CC(F)C1.Fc1cccnc1C1(CNc2nnc(-c3ccccn3)s2)CC(F)C1. The number of nitrogens with zero attached hydrogens (tertiary/aromatic N) is 8. The Morgan fingerprint density at radius 3 is 1.33 bits per heavy atom. The molecule has 0 saturated heterocycles. The van der Waals surface area contributed by atoms with Crippen molar-refractivity contribution in [2.45, 2.75) is 56.3 Å². The van der Waals surface area contributed by atoms with Gasteiger partial charge in [-0.15, -0.1) is 20.4 Å². The maximum absolute atomic E-state index is 14.1. The molecule has 2 saturated carbocycles. The van der Waals surface area contributed by atoms with Gasteiger partial charge < -0.3 is 10.6 Å². The van der Waals surface area contributed by atoms with Crippen molar-refractivity contribution >= 4 is 32.9 Å². The molecule has 2 N–H and O–H groups in total. The molecule has 0 spiro atoms. The molecule has 0 aromatic carbocycles. The van der Waals surface area contributed by atoms with Crippen LogP contribution in [0.5, 0.6) is 0 Å². The summed E-state index contributed by atoms with van der Waals surface area (Å²) in [6.07, 6.45) is 5.60.